The van der Waals surface area contributed by atoms with Crippen molar-refractivity contribution in [1.29, 1.82) is 0 Å². The quantitative estimate of drug-likeness (QED) is 0.291. The van der Waals surface area contributed by atoms with E-state index in [-0.39, 0.29) is 28.1 Å². The van der Waals surface area contributed by atoms with E-state index in [1.807, 2.05) is 65.8 Å². The van der Waals surface area contributed by atoms with E-state index in [9.17, 15) is 18.0 Å². The van der Waals surface area contributed by atoms with Gasteiger partial charge in [0.05, 0.1) is 22.7 Å². The molecule has 0 unspecified atom stereocenters. The van der Waals surface area contributed by atoms with Crippen LogP contribution in [0.1, 0.15) is 50.8 Å². The number of rotatable bonds is 11. The summed E-state index contributed by atoms with van der Waals surface area (Å²) in [5.41, 5.74) is 2.43. The van der Waals surface area contributed by atoms with Crippen molar-refractivity contribution < 1.29 is 22.7 Å². The van der Waals surface area contributed by atoms with Crippen LogP contribution in [0.15, 0.2) is 71.6 Å². The third kappa shape index (κ3) is 8.26. The van der Waals surface area contributed by atoms with Crippen LogP contribution in [0.3, 0.4) is 0 Å². The van der Waals surface area contributed by atoms with Gasteiger partial charge in [-0.25, -0.2) is 8.42 Å². The summed E-state index contributed by atoms with van der Waals surface area (Å²) in [7, 11) is -2.75. The highest BCUT2D eigenvalue weighted by atomic mass is 35.5. The van der Waals surface area contributed by atoms with Gasteiger partial charge < -0.3 is 15.0 Å². The van der Waals surface area contributed by atoms with Crippen molar-refractivity contribution in [3.63, 3.8) is 0 Å². The largest absolute Gasteiger partial charge is 0.495 e. The molecule has 0 heterocycles. The van der Waals surface area contributed by atoms with E-state index in [1.165, 1.54) is 36.3 Å². The summed E-state index contributed by atoms with van der Waals surface area (Å²) >= 11 is 6.39. The second kappa shape index (κ2) is 13.6. The van der Waals surface area contributed by atoms with Crippen molar-refractivity contribution in [3.05, 3.63) is 88.4 Å². The number of anilines is 1. The van der Waals surface area contributed by atoms with Crippen LogP contribution in [0.25, 0.3) is 0 Å². The molecule has 2 amide bonds. The first kappa shape index (κ1) is 32.9. The number of sulfonamides is 1. The molecule has 0 aromatic heterocycles. The van der Waals surface area contributed by atoms with E-state index in [2.05, 4.69) is 5.32 Å². The molecule has 0 radical (unpaired) electrons. The van der Waals surface area contributed by atoms with E-state index in [1.54, 1.807) is 18.2 Å². The molecule has 10 heteroatoms. The highest BCUT2D eigenvalue weighted by Crippen LogP contribution is 2.32. The molecular formula is C32H40ClN3O5S. The lowest BCUT2D eigenvalue weighted by Crippen LogP contribution is -2.55. The number of nitrogens with one attached hydrogen (secondary N) is 1. The van der Waals surface area contributed by atoms with E-state index in [0.29, 0.717) is 12.2 Å². The van der Waals surface area contributed by atoms with Crippen molar-refractivity contribution in [2.45, 2.75) is 71.0 Å². The Morgan fingerprint density at radius 3 is 2.02 bits per heavy atom. The maximum Gasteiger partial charge on any atom is 0.264 e. The van der Waals surface area contributed by atoms with Crippen LogP contribution in [0.2, 0.25) is 5.02 Å². The molecule has 0 aliphatic carbocycles. The van der Waals surface area contributed by atoms with Gasteiger partial charge in [0.2, 0.25) is 11.8 Å². The maximum absolute atomic E-state index is 14.2. The summed E-state index contributed by atoms with van der Waals surface area (Å²) in [6.07, 6.45) is 0.332. The number of hydrogen-bond acceptors (Lipinski definition) is 5. The van der Waals surface area contributed by atoms with Gasteiger partial charge in [-0.05, 0) is 76.9 Å². The Bertz CT molecular complexity index is 1500. The lowest BCUT2D eigenvalue weighted by atomic mass is 10.1. The van der Waals surface area contributed by atoms with Gasteiger partial charge in [0.25, 0.3) is 10.0 Å². The summed E-state index contributed by atoms with van der Waals surface area (Å²) in [5.74, 6) is -0.481. The molecule has 3 rings (SSSR count). The average molecular weight is 614 g/mol. The van der Waals surface area contributed by atoms with Gasteiger partial charge in [-0.15, -0.1) is 0 Å². The first-order valence-electron chi connectivity index (χ1n) is 13.8. The first-order chi connectivity index (χ1) is 19.7. The van der Waals surface area contributed by atoms with Crippen molar-refractivity contribution in [1.82, 2.24) is 10.2 Å². The second-order valence-electron chi connectivity index (χ2n) is 11.3. The Morgan fingerprint density at radius 1 is 0.952 bits per heavy atom. The molecule has 0 aliphatic rings. The van der Waals surface area contributed by atoms with Gasteiger partial charge in [-0.2, -0.15) is 0 Å². The Balaban J connectivity index is 2.10. The van der Waals surface area contributed by atoms with Crippen molar-refractivity contribution in [2.24, 2.45) is 0 Å². The third-order valence-electron chi connectivity index (χ3n) is 6.67. The van der Waals surface area contributed by atoms with Crippen LogP contribution >= 0.6 is 11.6 Å². The van der Waals surface area contributed by atoms with Gasteiger partial charge in [0.15, 0.2) is 0 Å². The van der Waals surface area contributed by atoms with Crippen molar-refractivity contribution in [3.8, 4) is 5.75 Å². The zero-order valence-electron chi connectivity index (χ0n) is 25.3. The van der Waals surface area contributed by atoms with Gasteiger partial charge >= 0.3 is 0 Å². The number of carbonyl (C=O) groups excluding carboxylic acids is 2. The van der Waals surface area contributed by atoms with Crippen molar-refractivity contribution >= 4 is 39.1 Å². The van der Waals surface area contributed by atoms with Crippen LogP contribution in [0.5, 0.6) is 5.75 Å². The smallest absolute Gasteiger partial charge is 0.264 e. The summed E-state index contributed by atoms with van der Waals surface area (Å²) in [6, 6.07) is 17.8. The zero-order valence-corrected chi connectivity index (χ0v) is 26.8. The summed E-state index contributed by atoms with van der Waals surface area (Å²) < 4.78 is 34.3. The van der Waals surface area contributed by atoms with Crippen LogP contribution < -0.4 is 14.4 Å². The summed E-state index contributed by atoms with van der Waals surface area (Å²) in [6.45, 7) is 10.8. The number of aryl methyl sites for hydroxylation is 2. The molecule has 3 aromatic carbocycles. The minimum atomic E-state index is -4.21. The fourth-order valence-corrected chi connectivity index (χ4v) is 6.10. The van der Waals surface area contributed by atoms with Crippen LogP contribution in [0.4, 0.5) is 5.69 Å². The fraction of sp³-hybridized carbons (Fsp3) is 0.375. The molecule has 8 nitrogen and oxygen atoms in total. The molecule has 0 fully saturated rings. The maximum atomic E-state index is 14.2. The normalized spacial score (nSPS) is 12.4. The number of ether oxygens (including phenoxy) is 1. The Hall–Kier alpha value is -3.56. The molecular weight excluding hydrogens is 574 g/mol. The molecule has 42 heavy (non-hydrogen) atoms. The van der Waals surface area contributed by atoms with Crippen LogP contribution in [-0.4, -0.2) is 50.4 Å². The van der Waals surface area contributed by atoms with E-state index in [0.717, 1.165) is 21.0 Å². The van der Waals surface area contributed by atoms with Gasteiger partial charge in [0, 0.05) is 12.1 Å². The average Bonchev–Trinajstić information content (AvgIpc) is 2.91. The molecule has 0 bridgehead atoms. The standard InChI is InChI=1S/C32H40ClN3O5S/c1-8-28(31(38)34-32(4,5)6)35(20-24-13-9-22(2)10-14-24)30(37)21-36(25-15-18-29(41-7)27(33)19-25)42(39,40)26-16-11-23(3)12-17-26/h9-19,28H,8,20-21H2,1-7H3,(H,34,38)/t28-/m1/s1. The SMILES string of the molecule is CC[C@H](C(=O)NC(C)(C)C)N(Cc1ccc(C)cc1)C(=O)CN(c1ccc(OC)c(Cl)c1)S(=O)(=O)c1ccc(C)cc1. The third-order valence-corrected chi connectivity index (χ3v) is 8.75. The molecule has 1 N–H and O–H groups in total. The Kier molecular flexibility index (Phi) is 10.7. The van der Waals surface area contributed by atoms with E-state index < -0.39 is 34.1 Å². The molecule has 1 atom stereocenters. The zero-order chi connectivity index (χ0) is 31.2. The highest BCUT2D eigenvalue weighted by Gasteiger charge is 2.34. The summed E-state index contributed by atoms with van der Waals surface area (Å²) in [5, 5.41) is 3.16. The van der Waals surface area contributed by atoms with Crippen molar-refractivity contribution in [2.75, 3.05) is 18.0 Å². The van der Waals surface area contributed by atoms with Crippen LogP contribution in [-0.2, 0) is 26.2 Å². The minimum Gasteiger partial charge on any atom is -0.495 e. The van der Waals surface area contributed by atoms with Gasteiger partial charge in [-0.3, -0.25) is 13.9 Å². The molecule has 0 spiro atoms. The molecule has 0 aliphatic heterocycles. The number of carbonyl (C=O) groups is 2. The van der Waals surface area contributed by atoms with Crippen LogP contribution in [0, 0.1) is 13.8 Å². The monoisotopic (exact) mass is 613 g/mol. The lowest BCUT2D eigenvalue weighted by Gasteiger charge is -2.35. The molecule has 0 saturated heterocycles. The number of methoxy groups -OCH3 is 1. The molecule has 226 valence electrons. The number of nitrogens with zero attached hydrogens (tertiary/aromatic N) is 2. The number of amides is 2. The Labute approximate surface area is 254 Å². The molecule has 3 aromatic rings. The number of benzene rings is 3. The number of hydrogen-bond donors (Lipinski definition) is 1. The topological polar surface area (TPSA) is 96.0 Å². The lowest BCUT2D eigenvalue weighted by molar-refractivity contribution is -0.141. The second-order valence-corrected chi connectivity index (χ2v) is 13.6. The predicted octanol–water partition coefficient (Wildman–Crippen LogP) is 5.88. The fourth-order valence-electron chi connectivity index (χ4n) is 4.44. The van der Waals surface area contributed by atoms with E-state index in [4.69, 9.17) is 16.3 Å². The number of halogens is 1. The Morgan fingerprint density at radius 2 is 1.52 bits per heavy atom. The van der Waals surface area contributed by atoms with Gasteiger partial charge in [0.1, 0.15) is 18.3 Å². The van der Waals surface area contributed by atoms with Gasteiger partial charge in [-0.1, -0.05) is 66.0 Å². The molecule has 0 saturated carbocycles. The van der Waals surface area contributed by atoms with E-state index >= 15 is 0 Å². The minimum absolute atomic E-state index is 0.0236. The first-order valence-corrected chi connectivity index (χ1v) is 15.6. The highest BCUT2D eigenvalue weighted by molar-refractivity contribution is 7.92. The summed E-state index contributed by atoms with van der Waals surface area (Å²) in [4.78, 5) is 29.1. The predicted molar refractivity (Wildman–Crippen MR) is 167 cm³/mol.